The maximum Gasteiger partial charge on any atom is 0.240 e. The van der Waals surface area contributed by atoms with Crippen LogP contribution in [0.15, 0.2) is 59.5 Å². The fourth-order valence-electron chi connectivity index (χ4n) is 1.68. The van der Waals surface area contributed by atoms with Crippen LogP contribution in [0.2, 0.25) is 5.02 Å². The van der Waals surface area contributed by atoms with E-state index >= 15 is 0 Å². The first-order valence-electron chi connectivity index (χ1n) is 5.97. The second kappa shape index (κ2) is 6.37. The second-order valence-electron chi connectivity index (χ2n) is 4.23. The topological polar surface area (TPSA) is 66.4 Å². The lowest BCUT2D eigenvalue weighted by atomic mass is 10.1. The van der Waals surface area contributed by atoms with Crippen molar-refractivity contribution in [1.82, 2.24) is 4.72 Å². The first-order chi connectivity index (χ1) is 9.49. The lowest BCUT2D eigenvalue weighted by Gasteiger charge is -2.12. The molecule has 1 atom stereocenters. The third kappa shape index (κ3) is 3.80. The Balaban J connectivity index is 2.04. The first kappa shape index (κ1) is 15.0. The standard InChI is InChI=1S/C14H14ClNO3S/c15-12-6-8-13(9-7-12)20(18,19)16-10-14(17)11-4-2-1-3-5-11/h1-9,14,16-17H,10H2. The van der Waals surface area contributed by atoms with Crippen molar-refractivity contribution in [3.05, 3.63) is 65.2 Å². The minimum absolute atomic E-state index is 0.0883. The first-order valence-corrected chi connectivity index (χ1v) is 7.83. The van der Waals surface area contributed by atoms with Crippen LogP contribution in [0.1, 0.15) is 11.7 Å². The molecular weight excluding hydrogens is 298 g/mol. The maximum absolute atomic E-state index is 12.0. The Morgan fingerprint density at radius 2 is 1.65 bits per heavy atom. The van der Waals surface area contributed by atoms with E-state index in [0.29, 0.717) is 10.6 Å². The molecule has 0 saturated heterocycles. The zero-order chi connectivity index (χ0) is 14.6. The highest BCUT2D eigenvalue weighted by atomic mass is 35.5. The molecule has 0 amide bonds. The number of nitrogens with one attached hydrogen (secondary N) is 1. The Kier molecular flexibility index (Phi) is 4.77. The van der Waals surface area contributed by atoms with Crippen LogP contribution in [0, 0.1) is 0 Å². The number of aliphatic hydroxyl groups excluding tert-OH is 1. The highest BCUT2D eigenvalue weighted by Gasteiger charge is 2.16. The van der Waals surface area contributed by atoms with Gasteiger partial charge in [0.1, 0.15) is 0 Å². The van der Waals surface area contributed by atoms with E-state index in [0.717, 1.165) is 0 Å². The average molecular weight is 312 g/mol. The average Bonchev–Trinajstić information content (AvgIpc) is 2.46. The summed E-state index contributed by atoms with van der Waals surface area (Å²) in [6.45, 7) is -0.0883. The van der Waals surface area contributed by atoms with Gasteiger partial charge in [0.05, 0.1) is 11.0 Å². The molecule has 0 spiro atoms. The predicted octanol–water partition coefficient (Wildman–Crippen LogP) is 2.35. The minimum Gasteiger partial charge on any atom is -0.387 e. The molecule has 6 heteroatoms. The van der Waals surface area contributed by atoms with Crippen LogP contribution in [0.25, 0.3) is 0 Å². The van der Waals surface area contributed by atoms with Crippen molar-refractivity contribution in [2.45, 2.75) is 11.0 Å². The number of rotatable bonds is 5. The monoisotopic (exact) mass is 311 g/mol. The number of hydrogen-bond acceptors (Lipinski definition) is 3. The van der Waals surface area contributed by atoms with E-state index in [4.69, 9.17) is 11.6 Å². The zero-order valence-electron chi connectivity index (χ0n) is 10.5. The molecule has 2 aromatic carbocycles. The molecule has 0 bridgehead atoms. The van der Waals surface area contributed by atoms with Crippen molar-refractivity contribution in [3.63, 3.8) is 0 Å². The van der Waals surface area contributed by atoms with Gasteiger partial charge in [-0.2, -0.15) is 0 Å². The van der Waals surface area contributed by atoms with Gasteiger partial charge < -0.3 is 5.11 Å². The van der Waals surface area contributed by atoms with Gasteiger partial charge >= 0.3 is 0 Å². The van der Waals surface area contributed by atoms with Crippen LogP contribution in [-0.4, -0.2) is 20.1 Å². The van der Waals surface area contributed by atoms with Gasteiger partial charge in [-0.05, 0) is 29.8 Å². The lowest BCUT2D eigenvalue weighted by molar-refractivity contribution is 0.182. The number of sulfonamides is 1. The van der Waals surface area contributed by atoms with E-state index in [1.54, 1.807) is 24.3 Å². The van der Waals surface area contributed by atoms with Crippen molar-refractivity contribution in [1.29, 1.82) is 0 Å². The van der Waals surface area contributed by atoms with Crippen molar-refractivity contribution in [3.8, 4) is 0 Å². The zero-order valence-corrected chi connectivity index (χ0v) is 12.1. The Morgan fingerprint density at radius 3 is 2.25 bits per heavy atom. The number of benzene rings is 2. The van der Waals surface area contributed by atoms with Crippen molar-refractivity contribution in [2.24, 2.45) is 0 Å². The summed E-state index contributed by atoms with van der Waals surface area (Å²) < 4.78 is 26.4. The van der Waals surface area contributed by atoms with E-state index < -0.39 is 16.1 Å². The molecule has 0 aliphatic carbocycles. The molecule has 0 radical (unpaired) electrons. The molecule has 1 unspecified atom stereocenters. The van der Waals surface area contributed by atoms with E-state index in [9.17, 15) is 13.5 Å². The summed E-state index contributed by atoms with van der Waals surface area (Å²) >= 11 is 5.71. The van der Waals surface area contributed by atoms with Crippen LogP contribution in [0.5, 0.6) is 0 Å². The SMILES string of the molecule is O=S(=O)(NCC(O)c1ccccc1)c1ccc(Cl)cc1. The van der Waals surface area contributed by atoms with Crippen molar-refractivity contribution >= 4 is 21.6 Å². The molecule has 2 aromatic rings. The quantitative estimate of drug-likeness (QED) is 0.891. The fourth-order valence-corrected chi connectivity index (χ4v) is 2.84. The third-order valence-corrected chi connectivity index (χ3v) is 4.47. The Morgan fingerprint density at radius 1 is 1.05 bits per heavy atom. The van der Waals surface area contributed by atoms with Crippen LogP contribution in [0.4, 0.5) is 0 Å². The van der Waals surface area contributed by atoms with Gasteiger partial charge in [0.15, 0.2) is 0 Å². The van der Waals surface area contributed by atoms with E-state index in [2.05, 4.69) is 4.72 Å². The lowest BCUT2D eigenvalue weighted by Crippen LogP contribution is -2.28. The third-order valence-electron chi connectivity index (χ3n) is 2.77. The summed E-state index contributed by atoms with van der Waals surface area (Å²) in [6.07, 6.45) is -0.890. The molecule has 0 aromatic heterocycles. The van der Waals surface area contributed by atoms with Gasteiger partial charge in [-0.25, -0.2) is 13.1 Å². The summed E-state index contributed by atoms with van der Waals surface area (Å²) in [5, 5.41) is 10.4. The summed E-state index contributed by atoms with van der Waals surface area (Å²) in [4.78, 5) is 0.113. The summed E-state index contributed by atoms with van der Waals surface area (Å²) in [7, 11) is -3.65. The molecule has 0 fully saturated rings. The number of hydrogen-bond donors (Lipinski definition) is 2. The Hall–Kier alpha value is -1.40. The van der Waals surface area contributed by atoms with Gasteiger partial charge in [0.25, 0.3) is 0 Å². The van der Waals surface area contributed by atoms with Crippen LogP contribution >= 0.6 is 11.6 Å². The Labute approximate surface area is 123 Å². The number of halogens is 1. The normalized spacial score (nSPS) is 13.1. The smallest absolute Gasteiger partial charge is 0.240 e. The van der Waals surface area contributed by atoms with E-state index in [1.165, 1.54) is 24.3 Å². The second-order valence-corrected chi connectivity index (χ2v) is 6.44. The minimum atomic E-state index is -3.65. The van der Waals surface area contributed by atoms with Crippen molar-refractivity contribution in [2.75, 3.05) is 6.54 Å². The Bertz CT molecular complexity index is 657. The summed E-state index contributed by atoms with van der Waals surface area (Å²) in [5.74, 6) is 0. The number of aliphatic hydroxyl groups is 1. The van der Waals surface area contributed by atoms with Crippen LogP contribution < -0.4 is 4.72 Å². The van der Waals surface area contributed by atoms with Gasteiger partial charge in [-0.1, -0.05) is 41.9 Å². The fraction of sp³-hybridized carbons (Fsp3) is 0.143. The molecule has 2 N–H and O–H groups in total. The molecule has 0 aliphatic rings. The van der Waals surface area contributed by atoms with E-state index in [1.807, 2.05) is 6.07 Å². The highest BCUT2D eigenvalue weighted by molar-refractivity contribution is 7.89. The molecule has 0 aliphatic heterocycles. The molecule has 0 heterocycles. The van der Waals surface area contributed by atoms with Crippen LogP contribution in [0.3, 0.4) is 0 Å². The van der Waals surface area contributed by atoms with Gasteiger partial charge in [-0.3, -0.25) is 0 Å². The molecule has 2 rings (SSSR count). The molecule has 4 nitrogen and oxygen atoms in total. The molecule has 106 valence electrons. The summed E-state index contributed by atoms with van der Waals surface area (Å²) in [6, 6.07) is 14.7. The van der Waals surface area contributed by atoms with Gasteiger partial charge in [-0.15, -0.1) is 0 Å². The summed E-state index contributed by atoms with van der Waals surface area (Å²) in [5.41, 5.74) is 0.659. The van der Waals surface area contributed by atoms with Gasteiger partial charge in [0, 0.05) is 11.6 Å². The van der Waals surface area contributed by atoms with Gasteiger partial charge in [0.2, 0.25) is 10.0 Å². The molecule has 0 saturated carbocycles. The highest BCUT2D eigenvalue weighted by Crippen LogP contribution is 2.15. The van der Waals surface area contributed by atoms with Crippen LogP contribution in [-0.2, 0) is 10.0 Å². The van der Waals surface area contributed by atoms with Crippen molar-refractivity contribution < 1.29 is 13.5 Å². The predicted molar refractivity (Wildman–Crippen MR) is 78.0 cm³/mol. The molecular formula is C14H14ClNO3S. The largest absolute Gasteiger partial charge is 0.387 e. The van der Waals surface area contributed by atoms with E-state index in [-0.39, 0.29) is 11.4 Å². The maximum atomic E-state index is 12.0. The molecule has 20 heavy (non-hydrogen) atoms.